The third-order valence-corrected chi connectivity index (χ3v) is 3.78. The second-order valence-electron chi connectivity index (χ2n) is 5.11. The number of halogens is 3. The van der Waals surface area contributed by atoms with Crippen LogP contribution in [-0.4, -0.2) is 13.1 Å². The van der Waals surface area contributed by atoms with E-state index in [0.717, 1.165) is 25.2 Å². The van der Waals surface area contributed by atoms with E-state index in [-0.39, 0.29) is 5.69 Å². The SMILES string of the molecule is CCN(CC1CCC1)c1ccc(C(F)(F)F)cc1N. The van der Waals surface area contributed by atoms with Crippen LogP contribution in [0.2, 0.25) is 0 Å². The minimum absolute atomic E-state index is 0.205. The smallest absolute Gasteiger partial charge is 0.397 e. The van der Waals surface area contributed by atoms with Gasteiger partial charge in [0, 0.05) is 13.1 Å². The van der Waals surface area contributed by atoms with Crippen molar-refractivity contribution < 1.29 is 13.2 Å². The molecule has 1 fully saturated rings. The van der Waals surface area contributed by atoms with E-state index in [1.807, 2.05) is 6.92 Å². The predicted octanol–water partition coefficient (Wildman–Crippen LogP) is 3.91. The van der Waals surface area contributed by atoms with Gasteiger partial charge in [-0.15, -0.1) is 0 Å². The molecule has 1 aromatic carbocycles. The first-order valence-electron chi connectivity index (χ1n) is 6.63. The van der Waals surface area contributed by atoms with Crippen LogP contribution in [0.15, 0.2) is 18.2 Å². The Morgan fingerprint density at radius 1 is 1.32 bits per heavy atom. The van der Waals surface area contributed by atoms with E-state index in [4.69, 9.17) is 5.73 Å². The summed E-state index contributed by atoms with van der Waals surface area (Å²) in [5.74, 6) is 0.654. The van der Waals surface area contributed by atoms with Crippen molar-refractivity contribution in [3.8, 4) is 0 Å². The zero-order chi connectivity index (χ0) is 14.0. The van der Waals surface area contributed by atoms with E-state index >= 15 is 0 Å². The second kappa shape index (κ2) is 5.31. The van der Waals surface area contributed by atoms with Gasteiger partial charge in [-0.1, -0.05) is 6.42 Å². The maximum Gasteiger partial charge on any atom is 0.416 e. The topological polar surface area (TPSA) is 29.3 Å². The molecule has 0 unspecified atom stereocenters. The molecule has 1 saturated carbocycles. The average Bonchev–Trinajstić information content (AvgIpc) is 2.28. The van der Waals surface area contributed by atoms with Crippen LogP contribution in [0, 0.1) is 5.92 Å². The molecule has 106 valence electrons. The van der Waals surface area contributed by atoms with Crippen molar-refractivity contribution in [2.45, 2.75) is 32.4 Å². The van der Waals surface area contributed by atoms with E-state index in [1.165, 1.54) is 25.3 Å². The summed E-state index contributed by atoms with van der Waals surface area (Å²) in [6, 6.07) is 3.62. The Bertz CT molecular complexity index is 439. The van der Waals surface area contributed by atoms with Gasteiger partial charge in [0.1, 0.15) is 0 Å². The monoisotopic (exact) mass is 272 g/mol. The van der Waals surface area contributed by atoms with Gasteiger partial charge in [0.15, 0.2) is 0 Å². The molecule has 0 radical (unpaired) electrons. The highest BCUT2D eigenvalue weighted by Gasteiger charge is 2.31. The molecule has 1 aromatic rings. The predicted molar refractivity (Wildman–Crippen MR) is 71.1 cm³/mol. The number of anilines is 2. The molecule has 0 spiro atoms. The number of nitrogens with two attached hydrogens (primary N) is 1. The zero-order valence-corrected chi connectivity index (χ0v) is 11.0. The molecular formula is C14H19F3N2. The highest BCUT2D eigenvalue weighted by Crippen LogP contribution is 2.35. The van der Waals surface area contributed by atoms with Gasteiger partial charge in [-0.2, -0.15) is 13.2 Å². The van der Waals surface area contributed by atoms with Crippen LogP contribution >= 0.6 is 0 Å². The summed E-state index contributed by atoms with van der Waals surface area (Å²) in [4.78, 5) is 2.07. The van der Waals surface area contributed by atoms with E-state index in [2.05, 4.69) is 4.90 Å². The summed E-state index contributed by atoms with van der Waals surface area (Å²) in [5, 5.41) is 0. The number of rotatable bonds is 4. The highest BCUT2D eigenvalue weighted by molar-refractivity contribution is 5.68. The van der Waals surface area contributed by atoms with Crippen LogP contribution in [0.3, 0.4) is 0 Å². The van der Waals surface area contributed by atoms with Gasteiger partial charge in [0.05, 0.1) is 16.9 Å². The number of alkyl halides is 3. The lowest BCUT2D eigenvalue weighted by Gasteiger charge is -2.33. The number of hydrogen-bond donors (Lipinski definition) is 1. The van der Waals surface area contributed by atoms with Crippen LogP contribution in [0.25, 0.3) is 0 Å². The molecule has 0 aromatic heterocycles. The maximum atomic E-state index is 12.6. The normalized spacial score (nSPS) is 16.2. The fourth-order valence-corrected chi connectivity index (χ4v) is 2.40. The van der Waals surface area contributed by atoms with E-state index in [1.54, 1.807) is 0 Å². The number of benzene rings is 1. The van der Waals surface area contributed by atoms with Crippen molar-refractivity contribution in [1.82, 2.24) is 0 Å². The average molecular weight is 272 g/mol. The fraction of sp³-hybridized carbons (Fsp3) is 0.571. The van der Waals surface area contributed by atoms with Crippen LogP contribution in [0.1, 0.15) is 31.7 Å². The lowest BCUT2D eigenvalue weighted by molar-refractivity contribution is -0.137. The van der Waals surface area contributed by atoms with E-state index in [0.29, 0.717) is 11.6 Å². The molecule has 0 bridgehead atoms. The first-order valence-corrected chi connectivity index (χ1v) is 6.63. The van der Waals surface area contributed by atoms with Crippen molar-refractivity contribution in [2.24, 2.45) is 5.92 Å². The van der Waals surface area contributed by atoms with Crippen molar-refractivity contribution >= 4 is 11.4 Å². The van der Waals surface area contributed by atoms with Gasteiger partial charge in [-0.05, 0) is 43.9 Å². The Hall–Kier alpha value is -1.39. The van der Waals surface area contributed by atoms with Gasteiger partial charge in [0.2, 0.25) is 0 Å². The lowest BCUT2D eigenvalue weighted by Crippen LogP contribution is -2.33. The van der Waals surface area contributed by atoms with Crippen molar-refractivity contribution in [1.29, 1.82) is 0 Å². The molecule has 0 aliphatic heterocycles. The molecule has 5 heteroatoms. The molecule has 2 nitrogen and oxygen atoms in total. The molecule has 0 atom stereocenters. The fourth-order valence-electron chi connectivity index (χ4n) is 2.40. The summed E-state index contributed by atoms with van der Waals surface area (Å²) < 4.78 is 37.8. The largest absolute Gasteiger partial charge is 0.416 e. The lowest BCUT2D eigenvalue weighted by atomic mass is 9.85. The maximum absolute atomic E-state index is 12.6. The summed E-state index contributed by atoms with van der Waals surface area (Å²) >= 11 is 0. The minimum atomic E-state index is -4.34. The third-order valence-electron chi connectivity index (χ3n) is 3.78. The summed E-state index contributed by atoms with van der Waals surface area (Å²) in [7, 11) is 0. The first-order chi connectivity index (χ1) is 8.91. The van der Waals surface area contributed by atoms with Gasteiger partial charge in [-0.3, -0.25) is 0 Å². The highest BCUT2D eigenvalue weighted by atomic mass is 19.4. The Kier molecular flexibility index (Phi) is 3.92. The third kappa shape index (κ3) is 3.14. The minimum Gasteiger partial charge on any atom is -0.397 e. The number of nitrogen functional groups attached to an aromatic ring is 1. The van der Waals surface area contributed by atoms with Crippen LogP contribution in [0.4, 0.5) is 24.5 Å². The molecule has 1 aliphatic rings. The first kappa shape index (κ1) is 14.0. The van der Waals surface area contributed by atoms with Gasteiger partial charge >= 0.3 is 6.18 Å². The molecule has 0 saturated heterocycles. The molecule has 0 heterocycles. The number of nitrogens with zero attached hydrogens (tertiary/aromatic N) is 1. The molecule has 2 rings (SSSR count). The molecule has 19 heavy (non-hydrogen) atoms. The van der Waals surface area contributed by atoms with Crippen molar-refractivity contribution in [3.05, 3.63) is 23.8 Å². The quantitative estimate of drug-likeness (QED) is 0.842. The van der Waals surface area contributed by atoms with Crippen LogP contribution < -0.4 is 10.6 Å². The standard InChI is InChI=1S/C14H19F3N2/c1-2-19(9-10-4-3-5-10)13-7-6-11(8-12(13)18)14(15,16)17/h6-8,10H,2-5,9,18H2,1H3. The van der Waals surface area contributed by atoms with Gasteiger partial charge in [-0.25, -0.2) is 0 Å². The molecular weight excluding hydrogens is 253 g/mol. The molecule has 2 N–H and O–H groups in total. The molecule has 1 aliphatic carbocycles. The van der Waals surface area contributed by atoms with E-state index in [9.17, 15) is 13.2 Å². The Labute approximate surface area is 111 Å². The Morgan fingerprint density at radius 3 is 2.42 bits per heavy atom. The summed E-state index contributed by atoms with van der Waals surface area (Å²) in [5.41, 5.74) is 6.02. The van der Waals surface area contributed by atoms with Gasteiger partial charge < -0.3 is 10.6 Å². The Balaban J connectivity index is 2.18. The van der Waals surface area contributed by atoms with Crippen molar-refractivity contribution in [3.63, 3.8) is 0 Å². The van der Waals surface area contributed by atoms with Crippen LogP contribution in [-0.2, 0) is 6.18 Å². The van der Waals surface area contributed by atoms with Crippen LogP contribution in [0.5, 0.6) is 0 Å². The molecule has 0 amide bonds. The summed E-state index contributed by atoms with van der Waals surface area (Å²) in [6.07, 6.45) is -0.670. The second-order valence-corrected chi connectivity index (χ2v) is 5.11. The van der Waals surface area contributed by atoms with Gasteiger partial charge in [0.25, 0.3) is 0 Å². The Morgan fingerprint density at radius 2 is 2.00 bits per heavy atom. The summed E-state index contributed by atoms with van der Waals surface area (Å²) in [6.45, 7) is 3.63. The van der Waals surface area contributed by atoms with Crippen molar-refractivity contribution in [2.75, 3.05) is 23.7 Å². The number of hydrogen-bond acceptors (Lipinski definition) is 2. The van der Waals surface area contributed by atoms with E-state index < -0.39 is 11.7 Å². The zero-order valence-electron chi connectivity index (χ0n) is 11.0.